The van der Waals surface area contributed by atoms with Crippen LogP contribution in [-0.2, 0) is 9.53 Å². The van der Waals surface area contributed by atoms with Crippen molar-refractivity contribution >= 4 is 23.4 Å². The Hall–Kier alpha value is -2.02. The molecule has 0 saturated heterocycles. The van der Waals surface area contributed by atoms with E-state index >= 15 is 0 Å². The third kappa shape index (κ3) is 3.79. The smallest absolute Gasteiger partial charge is 0.343 e. The van der Waals surface area contributed by atoms with Gasteiger partial charge in [-0.2, -0.15) is 0 Å². The van der Waals surface area contributed by atoms with E-state index in [1.54, 1.807) is 0 Å². The average molecular weight is 336 g/mol. The van der Waals surface area contributed by atoms with Crippen molar-refractivity contribution in [2.45, 2.75) is 6.92 Å². The van der Waals surface area contributed by atoms with Crippen LogP contribution in [-0.4, -0.2) is 37.4 Å². The summed E-state index contributed by atoms with van der Waals surface area (Å²) >= 11 is 5.30. The van der Waals surface area contributed by atoms with Crippen LogP contribution in [0.3, 0.4) is 0 Å². The summed E-state index contributed by atoms with van der Waals surface area (Å²) < 4.78 is 45.1. The summed E-state index contributed by atoms with van der Waals surface area (Å²) in [5, 5.41) is -1.16. The van der Waals surface area contributed by atoms with E-state index in [0.29, 0.717) is 6.07 Å². The molecule has 1 aromatic carbocycles. The molecule has 0 bridgehead atoms. The van der Waals surface area contributed by atoms with Gasteiger partial charge >= 0.3 is 5.97 Å². The normalized spacial score (nSPS) is 11.3. The minimum absolute atomic E-state index is 0.0160. The predicted octanol–water partition coefficient (Wildman–Crippen LogP) is 2.95. The van der Waals surface area contributed by atoms with E-state index in [0.717, 1.165) is 6.20 Å². The molecular formula is C14H13ClF3NO3. The van der Waals surface area contributed by atoms with E-state index in [1.807, 2.05) is 0 Å². The van der Waals surface area contributed by atoms with Gasteiger partial charge in [-0.05, 0) is 13.0 Å². The molecule has 0 heterocycles. The Morgan fingerprint density at radius 1 is 1.27 bits per heavy atom. The lowest BCUT2D eigenvalue weighted by Gasteiger charge is -2.12. The SMILES string of the molecule is CCOC(=O)/C(=C\N(C)C)C(=O)c1cc(F)c(F)c(Cl)c1F. The Kier molecular flexibility index (Phi) is 5.99. The molecule has 0 fully saturated rings. The summed E-state index contributed by atoms with van der Waals surface area (Å²) in [4.78, 5) is 25.4. The Labute approximate surface area is 130 Å². The molecule has 120 valence electrons. The van der Waals surface area contributed by atoms with Crippen molar-refractivity contribution in [2.75, 3.05) is 20.7 Å². The van der Waals surface area contributed by atoms with Gasteiger partial charge in [-0.1, -0.05) is 11.6 Å². The van der Waals surface area contributed by atoms with Crippen molar-refractivity contribution < 1.29 is 27.5 Å². The molecule has 22 heavy (non-hydrogen) atoms. The number of halogens is 4. The molecule has 0 aromatic heterocycles. The third-order valence-corrected chi connectivity index (χ3v) is 2.81. The highest BCUT2D eigenvalue weighted by atomic mass is 35.5. The number of benzene rings is 1. The highest BCUT2D eigenvalue weighted by Crippen LogP contribution is 2.26. The van der Waals surface area contributed by atoms with Gasteiger partial charge < -0.3 is 9.64 Å². The van der Waals surface area contributed by atoms with Gasteiger partial charge in [0.1, 0.15) is 10.6 Å². The van der Waals surface area contributed by atoms with Crippen LogP contribution in [0.1, 0.15) is 17.3 Å². The van der Waals surface area contributed by atoms with Gasteiger partial charge in [-0.25, -0.2) is 18.0 Å². The van der Waals surface area contributed by atoms with E-state index in [4.69, 9.17) is 16.3 Å². The number of hydrogen-bond donors (Lipinski definition) is 0. The number of Topliss-reactive ketones (excluding diaryl/α,β-unsaturated/α-hetero) is 1. The standard InChI is InChI=1S/C14H13ClF3NO3/c1-4-22-14(21)8(6-19(2)3)13(20)7-5-9(16)12(18)10(15)11(7)17/h5-6H,4H2,1-3H3/b8-6-. The van der Waals surface area contributed by atoms with Crippen molar-refractivity contribution in [1.29, 1.82) is 0 Å². The Morgan fingerprint density at radius 3 is 2.36 bits per heavy atom. The van der Waals surface area contributed by atoms with Crippen molar-refractivity contribution in [3.63, 3.8) is 0 Å². The molecule has 0 amide bonds. The zero-order valence-electron chi connectivity index (χ0n) is 12.0. The van der Waals surface area contributed by atoms with E-state index in [1.165, 1.54) is 25.9 Å². The largest absolute Gasteiger partial charge is 0.462 e. The predicted molar refractivity (Wildman–Crippen MR) is 74.1 cm³/mol. The van der Waals surface area contributed by atoms with Crippen LogP contribution in [0.2, 0.25) is 5.02 Å². The van der Waals surface area contributed by atoms with Gasteiger partial charge in [-0.3, -0.25) is 4.79 Å². The minimum atomic E-state index is -1.61. The summed E-state index contributed by atoms with van der Waals surface area (Å²) in [5.41, 5.74) is -1.39. The molecule has 1 rings (SSSR count). The minimum Gasteiger partial charge on any atom is -0.462 e. The molecule has 0 aliphatic carbocycles. The number of rotatable bonds is 5. The van der Waals surface area contributed by atoms with Crippen molar-refractivity contribution in [3.05, 3.63) is 45.9 Å². The number of hydrogen-bond acceptors (Lipinski definition) is 4. The van der Waals surface area contributed by atoms with Gasteiger partial charge in [0.2, 0.25) is 5.78 Å². The molecule has 0 saturated carbocycles. The first kappa shape index (κ1) is 18.0. The fourth-order valence-electron chi connectivity index (χ4n) is 1.55. The van der Waals surface area contributed by atoms with Crippen LogP contribution in [0.5, 0.6) is 0 Å². The molecule has 0 aliphatic rings. The monoisotopic (exact) mass is 335 g/mol. The molecule has 0 unspecified atom stereocenters. The molecule has 0 atom stereocenters. The lowest BCUT2D eigenvalue weighted by atomic mass is 10.0. The molecule has 0 aliphatic heterocycles. The van der Waals surface area contributed by atoms with Gasteiger partial charge in [-0.15, -0.1) is 0 Å². The lowest BCUT2D eigenvalue weighted by Crippen LogP contribution is -2.20. The zero-order chi connectivity index (χ0) is 17.0. The Bertz CT molecular complexity index is 645. The van der Waals surface area contributed by atoms with E-state index in [2.05, 4.69) is 0 Å². The molecule has 1 aromatic rings. The number of ether oxygens (including phenoxy) is 1. The Morgan fingerprint density at radius 2 is 1.86 bits per heavy atom. The number of esters is 1. The van der Waals surface area contributed by atoms with E-state index in [9.17, 15) is 22.8 Å². The topological polar surface area (TPSA) is 46.6 Å². The number of ketones is 1. The maximum Gasteiger partial charge on any atom is 0.343 e. The summed E-state index contributed by atoms with van der Waals surface area (Å²) in [5.74, 6) is -6.72. The number of carbonyl (C=O) groups excluding carboxylic acids is 2. The van der Waals surface area contributed by atoms with Crippen LogP contribution in [0, 0.1) is 17.5 Å². The zero-order valence-corrected chi connectivity index (χ0v) is 12.8. The second-order valence-corrected chi connectivity index (χ2v) is 4.78. The second-order valence-electron chi connectivity index (χ2n) is 4.40. The molecule has 0 N–H and O–H groups in total. The first-order valence-corrected chi connectivity index (χ1v) is 6.51. The Balaban J connectivity index is 3.41. The first-order chi connectivity index (χ1) is 10.2. The first-order valence-electron chi connectivity index (χ1n) is 6.13. The molecule has 0 spiro atoms. The van der Waals surface area contributed by atoms with Crippen molar-refractivity contribution in [3.8, 4) is 0 Å². The molecule has 4 nitrogen and oxygen atoms in total. The highest BCUT2D eigenvalue weighted by molar-refractivity contribution is 6.32. The van der Waals surface area contributed by atoms with Gasteiger partial charge in [0.05, 0.1) is 12.2 Å². The quantitative estimate of drug-likeness (QED) is 0.158. The average Bonchev–Trinajstić information content (AvgIpc) is 2.45. The van der Waals surface area contributed by atoms with Crippen molar-refractivity contribution in [1.82, 2.24) is 4.90 Å². The molecular weight excluding hydrogens is 323 g/mol. The van der Waals surface area contributed by atoms with Crippen LogP contribution in [0.25, 0.3) is 0 Å². The maximum atomic E-state index is 13.9. The fraction of sp³-hybridized carbons (Fsp3) is 0.286. The lowest BCUT2D eigenvalue weighted by molar-refractivity contribution is -0.138. The van der Waals surface area contributed by atoms with E-state index < -0.39 is 45.4 Å². The van der Waals surface area contributed by atoms with Crippen LogP contribution < -0.4 is 0 Å². The maximum absolute atomic E-state index is 13.9. The van der Waals surface area contributed by atoms with Gasteiger partial charge in [0.25, 0.3) is 0 Å². The van der Waals surface area contributed by atoms with Crippen LogP contribution >= 0.6 is 11.6 Å². The van der Waals surface area contributed by atoms with Gasteiger partial charge in [0.15, 0.2) is 17.5 Å². The van der Waals surface area contributed by atoms with Crippen LogP contribution in [0.15, 0.2) is 17.8 Å². The highest BCUT2D eigenvalue weighted by Gasteiger charge is 2.28. The summed E-state index contributed by atoms with van der Waals surface area (Å²) in [6.45, 7) is 1.50. The third-order valence-electron chi connectivity index (χ3n) is 2.47. The molecule has 8 heteroatoms. The summed E-state index contributed by atoms with van der Waals surface area (Å²) in [6.07, 6.45) is 1.09. The second kappa shape index (κ2) is 7.31. The van der Waals surface area contributed by atoms with Crippen molar-refractivity contribution in [2.24, 2.45) is 0 Å². The summed E-state index contributed by atoms with van der Waals surface area (Å²) in [6, 6.07) is 0.349. The van der Waals surface area contributed by atoms with Gasteiger partial charge in [0, 0.05) is 20.3 Å². The van der Waals surface area contributed by atoms with E-state index in [-0.39, 0.29) is 6.61 Å². The molecule has 0 radical (unpaired) electrons. The number of carbonyl (C=O) groups is 2. The fourth-order valence-corrected chi connectivity index (χ4v) is 1.75. The summed E-state index contributed by atoms with van der Waals surface area (Å²) in [7, 11) is 3.03. The number of nitrogens with zero attached hydrogens (tertiary/aromatic N) is 1. The van der Waals surface area contributed by atoms with Crippen LogP contribution in [0.4, 0.5) is 13.2 Å².